The van der Waals surface area contributed by atoms with Crippen LogP contribution < -0.4 is 10.6 Å². The molecule has 1 aliphatic heterocycles. The maximum Gasteiger partial charge on any atom is -0.000523 e. The van der Waals surface area contributed by atoms with Crippen molar-refractivity contribution in [2.24, 2.45) is 11.8 Å². The molecule has 0 bridgehead atoms. The van der Waals surface area contributed by atoms with Gasteiger partial charge >= 0.3 is 0 Å². The van der Waals surface area contributed by atoms with E-state index in [-0.39, 0.29) is 0 Å². The standard InChI is InChI=1S/C7H16N2/c1-6-3-9-5-7(6)4-8-2/h6-9H,3-5H2,1-2H3/t6-,7-/m1/s1. The van der Waals surface area contributed by atoms with Crippen LogP contribution in [-0.4, -0.2) is 26.7 Å². The monoisotopic (exact) mass is 128 g/mol. The van der Waals surface area contributed by atoms with Gasteiger partial charge in [-0.25, -0.2) is 0 Å². The topological polar surface area (TPSA) is 24.1 Å². The van der Waals surface area contributed by atoms with Crippen molar-refractivity contribution in [2.75, 3.05) is 26.7 Å². The molecule has 2 heteroatoms. The van der Waals surface area contributed by atoms with E-state index in [2.05, 4.69) is 17.6 Å². The summed E-state index contributed by atoms with van der Waals surface area (Å²) < 4.78 is 0. The van der Waals surface area contributed by atoms with Crippen molar-refractivity contribution in [1.82, 2.24) is 10.6 Å². The summed E-state index contributed by atoms with van der Waals surface area (Å²) in [6.07, 6.45) is 0. The predicted octanol–water partition coefficient (Wildman–Crippen LogP) is 0.0613. The van der Waals surface area contributed by atoms with Crippen LogP contribution in [0.15, 0.2) is 0 Å². The molecule has 2 N–H and O–H groups in total. The molecule has 1 rings (SSSR count). The Balaban J connectivity index is 2.22. The van der Waals surface area contributed by atoms with Crippen LogP contribution >= 0.6 is 0 Å². The molecule has 2 atom stereocenters. The Bertz CT molecular complexity index is 83.0. The van der Waals surface area contributed by atoms with E-state index < -0.39 is 0 Å². The summed E-state index contributed by atoms with van der Waals surface area (Å²) in [5.41, 5.74) is 0. The lowest BCUT2D eigenvalue weighted by atomic mass is 9.98. The van der Waals surface area contributed by atoms with Crippen molar-refractivity contribution in [3.05, 3.63) is 0 Å². The zero-order valence-electron chi connectivity index (χ0n) is 6.28. The van der Waals surface area contributed by atoms with Crippen molar-refractivity contribution in [3.8, 4) is 0 Å². The lowest BCUT2D eigenvalue weighted by Crippen LogP contribution is -2.23. The second kappa shape index (κ2) is 3.18. The molecular weight excluding hydrogens is 112 g/mol. The van der Waals surface area contributed by atoms with Gasteiger partial charge in [-0.2, -0.15) is 0 Å². The highest BCUT2D eigenvalue weighted by atomic mass is 14.9. The molecule has 0 aromatic heterocycles. The molecule has 0 spiro atoms. The molecule has 1 fully saturated rings. The Hall–Kier alpha value is -0.0800. The number of rotatable bonds is 2. The third-order valence-corrected chi connectivity index (χ3v) is 2.14. The zero-order chi connectivity index (χ0) is 6.69. The van der Waals surface area contributed by atoms with Crippen molar-refractivity contribution in [2.45, 2.75) is 6.92 Å². The third kappa shape index (κ3) is 1.66. The summed E-state index contributed by atoms with van der Waals surface area (Å²) in [5.74, 6) is 1.72. The van der Waals surface area contributed by atoms with Crippen LogP contribution in [0.5, 0.6) is 0 Å². The number of hydrogen-bond acceptors (Lipinski definition) is 2. The largest absolute Gasteiger partial charge is 0.319 e. The van der Waals surface area contributed by atoms with Crippen LogP contribution in [-0.2, 0) is 0 Å². The molecule has 0 aliphatic carbocycles. The van der Waals surface area contributed by atoms with Gasteiger partial charge in [-0.15, -0.1) is 0 Å². The molecule has 0 unspecified atom stereocenters. The molecule has 0 amide bonds. The molecule has 1 saturated heterocycles. The molecule has 2 nitrogen and oxygen atoms in total. The van der Waals surface area contributed by atoms with Gasteiger partial charge in [0.25, 0.3) is 0 Å². The van der Waals surface area contributed by atoms with E-state index in [0.29, 0.717) is 0 Å². The van der Waals surface area contributed by atoms with Crippen LogP contribution in [0.4, 0.5) is 0 Å². The Morgan fingerprint density at radius 2 is 2.33 bits per heavy atom. The fraction of sp³-hybridized carbons (Fsp3) is 1.00. The molecule has 0 radical (unpaired) electrons. The second-order valence-electron chi connectivity index (χ2n) is 2.95. The Labute approximate surface area is 57.0 Å². The quantitative estimate of drug-likeness (QED) is 0.549. The van der Waals surface area contributed by atoms with Crippen LogP contribution in [0.25, 0.3) is 0 Å². The van der Waals surface area contributed by atoms with Crippen LogP contribution in [0, 0.1) is 11.8 Å². The molecule has 1 heterocycles. The average molecular weight is 128 g/mol. The zero-order valence-corrected chi connectivity index (χ0v) is 6.28. The molecule has 1 aliphatic rings. The predicted molar refractivity (Wildman–Crippen MR) is 39.5 cm³/mol. The fourth-order valence-corrected chi connectivity index (χ4v) is 1.40. The highest BCUT2D eigenvalue weighted by Gasteiger charge is 2.21. The SMILES string of the molecule is CNC[C@@H]1CNC[C@H]1C. The molecular formula is C7H16N2. The van der Waals surface area contributed by atoms with Crippen LogP contribution in [0.1, 0.15) is 6.92 Å². The first-order chi connectivity index (χ1) is 4.34. The summed E-state index contributed by atoms with van der Waals surface area (Å²) in [4.78, 5) is 0. The molecule has 0 saturated carbocycles. The van der Waals surface area contributed by atoms with Crippen molar-refractivity contribution in [3.63, 3.8) is 0 Å². The Morgan fingerprint density at radius 3 is 2.78 bits per heavy atom. The van der Waals surface area contributed by atoms with Gasteiger partial charge in [0, 0.05) is 0 Å². The van der Waals surface area contributed by atoms with Gasteiger partial charge in [-0.05, 0) is 38.5 Å². The van der Waals surface area contributed by atoms with Crippen molar-refractivity contribution in [1.29, 1.82) is 0 Å². The smallest absolute Gasteiger partial charge is 0.000523 e. The summed E-state index contributed by atoms with van der Waals surface area (Å²) in [7, 11) is 2.02. The average Bonchev–Trinajstić information content (AvgIpc) is 2.18. The highest BCUT2D eigenvalue weighted by Crippen LogP contribution is 2.13. The Morgan fingerprint density at radius 1 is 1.56 bits per heavy atom. The summed E-state index contributed by atoms with van der Waals surface area (Å²) in [5, 5.41) is 6.57. The Kier molecular flexibility index (Phi) is 2.49. The summed E-state index contributed by atoms with van der Waals surface area (Å²) in [6.45, 7) is 5.87. The molecule has 0 aromatic carbocycles. The van der Waals surface area contributed by atoms with Gasteiger partial charge in [0.2, 0.25) is 0 Å². The summed E-state index contributed by atoms with van der Waals surface area (Å²) in [6, 6.07) is 0. The van der Waals surface area contributed by atoms with Crippen LogP contribution in [0.2, 0.25) is 0 Å². The van der Waals surface area contributed by atoms with E-state index in [1.165, 1.54) is 13.1 Å². The molecule has 54 valence electrons. The lowest BCUT2D eigenvalue weighted by Gasteiger charge is -2.11. The summed E-state index contributed by atoms with van der Waals surface area (Å²) >= 11 is 0. The van der Waals surface area contributed by atoms with E-state index in [9.17, 15) is 0 Å². The van der Waals surface area contributed by atoms with E-state index in [4.69, 9.17) is 0 Å². The van der Waals surface area contributed by atoms with Crippen LogP contribution in [0.3, 0.4) is 0 Å². The highest BCUT2D eigenvalue weighted by molar-refractivity contribution is 4.78. The van der Waals surface area contributed by atoms with Gasteiger partial charge in [0.05, 0.1) is 0 Å². The molecule has 0 aromatic rings. The lowest BCUT2D eigenvalue weighted by molar-refractivity contribution is 0.435. The first-order valence-electron chi connectivity index (χ1n) is 3.70. The van der Waals surface area contributed by atoms with Gasteiger partial charge in [-0.3, -0.25) is 0 Å². The number of nitrogens with one attached hydrogen (secondary N) is 2. The van der Waals surface area contributed by atoms with E-state index in [1.54, 1.807) is 0 Å². The van der Waals surface area contributed by atoms with Crippen molar-refractivity contribution >= 4 is 0 Å². The maximum atomic E-state index is 3.37. The van der Waals surface area contributed by atoms with Gasteiger partial charge in [0.1, 0.15) is 0 Å². The normalized spacial score (nSPS) is 35.3. The van der Waals surface area contributed by atoms with Gasteiger partial charge in [-0.1, -0.05) is 6.92 Å². The minimum atomic E-state index is 0.856. The van der Waals surface area contributed by atoms with E-state index >= 15 is 0 Å². The molecule has 9 heavy (non-hydrogen) atoms. The van der Waals surface area contributed by atoms with E-state index in [1.807, 2.05) is 7.05 Å². The minimum absolute atomic E-state index is 0.856. The van der Waals surface area contributed by atoms with Crippen molar-refractivity contribution < 1.29 is 0 Å². The second-order valence-corrected chi connectivity index (χ2v) is 2.95. The first-order valence-corrected chi connectivity index (χ1v) is 3.70. The van der Waals surface area contributed by atoms with Gasteiger partial charge in [0.15, 0.2) is 0 Å². The fourth-order valence-electron chi connectivity index (χ4n) is 1.40. The van der Waals surface area contributed by atoms with E-state index in [0.717, 1.165) is 18.4 Å². The number of hydrogen-bond donors (Lipinski definition) is 2. The third-order valence-electron chi connectivity index (χ3n) is 2.14. The van der Waals surface area contributed by atoms with Gasteiger partial charge < -0.3 is 10.6 Å². The first kappa shape index (κ1) is 7.03. The maximum absolute atomic E-state index is 3.37. The minimum Gasteiger partial charge on any atom is -0.319 e.